The Kier molecular flexibility index (Phi) is 9.35. The topological polar surface area (TPSA) is 96.0 Å². The zero-order valence-electron chi connectivity index (χ0n) is 20.3. The molecule has 0 aromatic heterocycles. The van der Waals surface area contributed by atoms with Crippen molar-refractivity contribution in [2.45, 2.75) is 46.3 Å². The van der Waals surface area contributed by atoms with Crippen molar-refractivity contribution in [3.05, 3.63) is 58.6 Å². The first-order valence-corrected chi connectivity index (χ1v) is 13.0. The summed E-state index contributed by atoms with van der Waals surface area (Å²) in [6, 6.07) is 11.0. The summed E-state index contributed by atoms with van der Waals surface area (Å²) in [5.41, 5.74) is 1.73. The molecule has 0 fully saturated rings. The van der Waals surface area contributed by atoms with E-state index >= 15 is 0 Å². The molecular formula is C24H32ClN3O5S. The normalized spacial score (nSPS) is 12.2. The lowest BCUT2D eigenvalue weighted by atomic mass is 10.1. The van der Waals surface area contributed by atoms with Gasteiger partial charge in [0.25, 0.3) is 0 Å². The van der Waals surface area contributed by atoms with Gasteiger partial charge in [0.05, 0.1) is 19.1 Å². The Morgan fingerprint density at radius 1 is 1.09 bits per heavy atom. The number of nitrogens with one attached hydrogen (secondary N) is 1. The zero-order chi connectivity index (χ0) is 25.6. The maximum atomic E-state index is 13.5. The van der Waals surface area contributed by atoms with Crippen molar-refractivity contribution in [3.8, 4) is 5.75 Å². The first-order chi connectivity index (χ1) is 15.8. The summed E-state index contributed by atoms with van der Waals surface area (Å²) in [5.74, 6) is -0.194. The van der Waals surface area contributed by atoms with E-state index in [-0.39, 0.29) is 18.5 Å². The molecule has 186 valence electrons. The third-order valence-electron chi connectivity index (χ3n) is 5.23. The van der Waals surface area contributed by atoms with E-state index in [9.17, 15) is 18.0 Å². The molecule has 0 saturated heterocycles. The van der Waals surface area contributed by atoms with Crippen LogP contribution in [0.1, 0.15) is 31.9 Å². The van der Waals surface area contributed by atoms with Gasteiger partial charge < -0.3 is 15.0 Å². The fraction of sp³-hybridized carbons (Fsp3) is 0.417. The van der Waals surface area contributed by atoms with Gasteiger partial charge >= 0.3 is 0 Å². The second kappa shape index (κ2) is 11.6. The largest absolute Gasteiger partial charge is 0.497 e. The van der Waals surface area contributed by atoms with Crippen LogP contribution in [0.25, 0.3) is 0 Å². The molecule has 8 nitrogen and oxygen atoms in total. The first-order valence-electron chi connectivity index (χ1n) is 10.8. The molecule has 0 saturated carbocycles. The molecule has 2 rings (SSSR count). The van der Waals surface area contributed by atoms with Crippen molar-refractivity contribution in [3.63, 3.8) is 0 Å². The fourth-order valence-electron chi connectivity index (χ4n) is 3.36. The van der Waals surface area contributed by atoms with Gasteiger partial charge in [0, 0.05) is 17.6 Å². The van der Waals surface area contributed by atoms with Crippen molar-refractivity contribution >= 4 is 39.1 Å². The van der Waals surface area contributed by atoms with Gasteiger partial charge in [-0.15, -0.1) is 0 Å². The number of ether oxygens (including phenoxy) is 1. The van der Waals surface area contributed by atoms with E-state index in [1.807, 2.05) is 13.8 Å². The summed E-state index contributed by atoms with van der Waals surface area (Å²) in [6.45, 7) is 6.65. The highest BCUT2D eigenvalue weighted by molar-refractivity contribution is 7.92. The van der Waals surface area contributed by atoms with Crippen LogP contribution in [0.2, 0.25) is 5.02 Å². The van der Waals surface area contributed by atoms with Crippen LogP contribution in [-0.4, -0.2) is 57.1 Å². The molecule has 10 heteroatoms. The number of carbonyl (C=O) groups excluding carboxylic acids is 2. The van der Waals surface area contributed by atoms with Crippen LogP contribution in [0.15, 0.2) is 42.5 Å². The summed E-state index contributed by atoms with van der Waals surface area (Å²) < 4.78 is 31.5. The number of aryl methyl sites for hydroxylation is 1. The lowest BCUT2D eigenvalue weighted by molar-refractivity contribution is -0.139. The maximum absolute atomic E-state index is 13.5. The van der Waals surface area contributed by atoms with Crippen LogP contribution < -0.4 is 14.4 Å². The Hall–Kier alpha value is -2.78. The quantitative estimate of drug-likeness (QED) is 0.529. The average molecular weight is 510 g/mol. The molecule has 0 radical (unpaired) electrons. The minimum absolute atomic E-state index is 0.113. The van der Waals surface area contributed by atoms with Crippen LogP contribution in [-0.2, 0) is 26.2 Å². The van der Waals surface area contributed by atoms with E-state index < -0.39 is 28.5 Å². The van der Waals surface area contributed by atoms with Gasteiger partial charge in [0.2, 0.25) is 21.8 Å². The molecule has 34 heavy (non-hydrogen) atoms. The standard InChI is InChI=1S/C24H32ClN3O5S/c1-16(2)26-24(30)18(4)27(14-19-8-11-21(33-5)12-9-19)23(29)15-28(34(6,31)32)22-13-20(25)10-7-17(22)3/h7-13,16,18H,14-15H2,1-6H3,(H,26,30)/t18-/m0/s1. The number of hydrogen-bond donors (Lipinski definition) is 1. The Bertz CT molecular complexity index is 1120. The molecule has 0 aliphatic carbocycles. The van der Waals surface area contributed by atoms with Crippen molar-refractivity contribution in [2.75, 3.05) is 24.2 Å². The molecule has 0 aliphatic rings. The number of sulfonamides is 1. The SMILES string of the molecule is COc1ccc(CN(C(=O)CN(c2cc(Cl)ccc2C)S(C)(=O)=O)[C@@H](C)C(=O)NC(C)C)cc1. The zero-order valence-corrected chi connectivity index (χ0v) is 21.9. The van der Waals surface area contributed by atoms with Crippen molar-refractivity contribution in [1.29, 1.82) is 0 Å². The van der Waals surface area contributed by atoms with E-state index in [0.29, 0.717) is 22.0 Å². The minimum Gasteiger partial charge on any atom is -0.497 e. The maximum Gasteiger partial charge on any atom is 0.244 e. The summed E-state index contributed by atoms with van der Waals surface area (Å²) in [7, 11) is -2.27. The number of amides is 2. The molecule has 0 spiro atoms. The van der Waals surface area contributed by atoms with Crippen molar-refractivity contribution in [1.82, 2.24) is 10.2 Å². The molecule has 2 aromatic rings. The predicted octanol–water partition coefficient (Wildman–Crippen LogP) is 3.36. The molecule has 1 atom stereocenters. The third kappa shape index (κ3) is 7.36. The van der Waals surface area contributed by atoms with Crippen LogP contribution in [0.4, 0.5) is 5.69 Å². The Morgan fingerprint density at radius 3 is 2.24 bits per heavy atom. The van der Waals surface area contributed by atoms with E-state index in [1.54, 1.807) is 57.4 Å². The number of hydrogen-bond acceptors (Lipinski definition) is 5. The molecule has 0 aliphatic heterocycles. The monoisotopic (exact) mass is 509 g/mol. The van der Waals surface area contributed by atoms with Crippen LogP contribution >= 0.6 is 11.6 Å². The van der Waals surface area contributed by atoms with Gasteiger partial charge in [-0.05, 0) is 63.1 Å². The van der Waals surface area contributed by atoms with Gasteiger partial charge in [0.1, 0.15) is 18.3 Å². The molecule has 2 aromatic carbocycles. The second-order valence-corrected chi connectivity index (χ2v) is 10.8. The van der Waals surface area contributed by atoms with Gasteiger partial charge in [-0.25, -0.2) is 8.42 Å². The van der Waals surface area contributed by atoms with Gasteiger partial charge in [0.15, 0.2) is 0 Å². The molecule has 0 unspecified atom stereocenters. The Balaban J connectivity index is 2.42. The molecule has 2 amide bonds. The number of benzene rings is 2. The third-order valence-corrected chi connectivity index (χ3v) is 6.59. The molecule has 0 bridgehead atoms. The Labute approximate surface area is 206 Å². The number of methoxy groups -OCH3 is 1. The van der Waals surface area contributed by atoms with E-state index in [0.717, 1.165) is 16.1 Å². The highest BCUT2D eigenvalue weighted by atomic mass is 35.5. The lowest BCUT2D eigenvalue weighted by Gasteiger charge is -2.32. The molecular weight excluding hydrogens is 478 g/mol. The number of anilines is 1. The summed E-state index contributed by atoms with van der Waals surface area (Å²) >= 11 is 6.10. The van der Waals surface area contributed by atoms with Crippen LogP contribution in [0, 0.1) is 6.92 Å². The minimum atomic E-state index is -3.82. The summed E-state index contributed by atoms with van der Waals surface area (Å²) in [6.07, 6.45) is 1.03. The van der Waals surface area contributed by atoms with Crippen LogP contribution in [0.3, 0.4) is 0 Å². The molecule has 1 N–H and O–H groups in total. The lowest BCUT2D eigenvalue weighted by Crippen LogP contribution is -2.52. The predicted molar refractivity (Wildman–Crippen MR) is 135 cm³/mol. The van der Waals surface area contributed by atoms with E-state index in [2.05, 4.69) is 5.32 Å². The van der Waals surface area contributed by atoms with Crippen molar-refractivity contribution in [2.24, 2.45) is 0 Å². The van der Waals surface area contributed by atoms with Gasteiger partial charge in [-0.2, -0.15) is 0 Å². The van der Waals surface area contributed by atoms with E-state index in [1.165, 1.54) is 11.0 Å². The van der Waals surface area contributed by atoms with Crippen molar-refractivity contribution < 1.29 is 22.7 Å². The number of rotatable bonds is 10. The first kappa shape index (κ1) is 27.5. The van der Waals surface area contributed by atoms with Crippen LogP contribution in [0.5, 0.6) is 5.75 Å². The summed E-state index contributed by atoms with van der Waals surface area (Å²) in [4.78, 5) is 27.7. The molecule has 0 heterocycles. The number of halogens is 1. The summed E-state index contributed by atoms with van der Waals surface area (Å²) in [5, 5.41) is 3.16. The average Bonchev–Trinajstić information content (AvgIpc) is 2.76. The van der Waals surface area contributed by atoms with Gasteiger partial charge in [-0.1, -0.05) is 29.8 Å². The second-order valence-electron chi connectivity index (χ2n) is 8.41. The number of nitrogens with zero attached hydrogens (tertiary/aromatic N) is 2. The number of carbonyl (C=O) groups is 2. The highest BCUT2D eigenvalue weighted by Crippen LogP contribution is 2.27. The highest BCUT2D eigenvalue weighted by Gasteiger charge is 2.30. The van der Waals surface area contributed by atoms with E-state index in [4.69, 9.17) is 16.3 Å². The Morgan fingerprint density at radius 2 is 1.71 bits per heavy atom. The fourth-order valence-corrected chi connectivity index (χ4v) is 4.43. The smallest absolute Gasteiger partial charge is 0.244 e. The van der Waals surface area contributed by atoms with Gasteiger partial charge in [-0.3, -0.25) is 13.9 Å².